The van der Waals surface area contributed by atoms with Gasteiger partial charge in [0.05, 0.1) is 9.82 Å². The van der Waals surface area contributed by atoms with Crippen LogP contribution in [0.25, 0.3) is 0 Å². The minimum absolute atomic E-state index is 0.108. The molecule has 1 saturated heterocycles. The number of benzene rings is 2. The van der Waals surface area contributed by atoms with E-state index in [9.17, 15) is 22.9 Å². The molecular weight excluding hydrogens is 385 g/mol. The number of hydrogen-bond donors (Lipinski definition) is 0. The van der Waals surface area contributed by atoms with Gasteiger partial charge >= 0.3 is 0 Å². The molecule has 0 atom stereocenters. The van der Waals surface area contributed by atoms with Gasteiger partial charge < -0.3 is 4.90 Å². The van der Waals surface area contributed by atoms with Crippen molar-refractivity contribution in [1.29, 1.82) is 0 Å². The average Bonchev–Trinajstić information content (AvgIpc) is 2.61. The second-order valence-electron chi connectivity index (χ2n) is 5.74. The maximum absolute atomic E-state index is 13.3. The van der Waals surface area contributed by atoms with Crippen molar-refractivity contribution in [2.24, 2.45) is 0 Å². The fourth-order valence-electron chi connectivity index (χ4n) is 2.86. The Morgan fingerprint density at radius 3 is 2.38 bits per heavy atom. The van der Waals surface area contributed by atoms with E-state index in [2.05, 4.69) is 0 Å². The van der Waals surface area contributed by atoms with Crippen LogP contribution in [-0.2, 0) is 10.0 Å². The molecule has 2 aromatic carbocycles. The third-order valence-electron chi connectivity index (χ3n) is 4.15. The van der Waals surface area contributed by atoms with Gasteiger partial charge in [-0.05, 0) is 30.3 Å². The Balaban J connectivity index is 1.79. The number of halogens is 2. The van der Waals surface area contributed by atoms with Crippen LogP contribution < -0.4 is 4.90 Å². The second-order valence-corrected chi connectivity index (χ2v) is 8.11. The van der Waals surface area contributed by atoms with Gasteiger partial charge in [0.15, 0.2) is 0 Å². The molecule has 0 bridgehead atoms. The van der Waals surface area contributed by atoms with Crippen molar-refractivity contribution in [3.05, 3.63) is 63.4 Å². The fraction of sp³-hybridized carbons (Fsp3) is 0.250. The first-order valence-electron chi connectivity index (χ1n) is 7.73. The number of hydrogen-bond acceptors (Lipinski definition) is 5. The summed E-state index contributed by atoms with van der Waals surface area (Å²) < 4.78 is 39.8. The summed E-state index contributed by atoms with van der Waals surface area (Å²) in [5.41, 5.74) is 0.265. The molecule has 0 amide bonds. The topological polar surface area (TPSA) is 83.8 Å². The van der Waals surface area contributed by atoms with E-state index in [1.807, 2.05) is 0 Å². The number of rotatable bonds is 4. The average molecular weight is 400 g/mol. The molecule has 0 N–H and O–H groups in total. The van der Waals surface area contributed by atoms with Gasteiger partial charge in [0.1, 0.15) is 11.5 Å². The minimum atomic E-state index is -3.81. The lowest BCUT2D eigenvalue weighted by Crippen LogP contribution is -2.48. The van der Waals surface area contributed by atoms with E-state index < -0.39 is 20.8 Å². The van der Waals surface area contributed by atoms with E-state index in [-0.39, 0.29) is 41.8 Å². The summed E-state index contributed by atoms with van der Waals surface area (Å²) in [6.45, 7) is 0.825. The van der Waals surface area contributed by atoms with Gasteiger partial charge in [0.2, 0.25) is 10.0 Å². The Hall–Kier alpha value is -2.23. The van der Waals surface area contributed by atoms with Crippen LogP contribution >= 0.6 is 11.6 Å². The van der Waals surface area contributed by atoms with E-state index in [4.69, 9.17) is 11.6 Å². The standard InChI is InChI=1S/C16H15ClFN3O4S/c17-12-4-5-15(16(10-12)21(22)23)19-6-8-20(9-7-19)26(24,25)14-3-1-2-13(18)11-14/h1-5,10-11H,6-9H2. The zero-order valence-electron chi connectivity index (χ0n) is 13.5. The third kappa shape index (κ3) is 3.64. The quantitative estimate of drug-likeness (QED) is 0.583. The van der Waals surface area contributed by atoms with Gasteiger partial charge in [-0.3, -0.25) is 10.1 Å². The molecule has 3 rings (SSSR count). The van der Waals surface area contributed by atoms with Crippen LogP contribution in [-0.4, -0.2) is 43.8 Å². The largest absolute Gasteiger partial charge is 0.363 e. The van der Waals surface area contributed by atoms with Crippen LogP contribution in [0.5, 0.6) is 0 Å². The number of sulfonamides is 1. The Bertz CT molecular complexity index is 946. The van der Waals surface area contributed by atoms with Crippen molar-refractivity contribution in [3.63, 3.8) is 0 Å². The number of nitro benzene ring substituents is 1. The molecule has 10 heteroatoms. The Kier molecular flexibility index (Phi) is 5.12. The second kappa shape index (κ2) is 7.18. The molecule has 1 aliphatic rings. The van der Waals surface area contributed by atoms with Crippen LogP contribution in [0.15, 0.2) is 47.4 Å². The summed E-state index contributed by atoms with van der Waals surface area (Å²) in [6.07, 6.45) is 0. The van der Waals surface area contributed by atoms with Gasteiger partial charge in [0, 0.05) is 37.3 Å². The van der Waals surface area contributed by atoms with Crippen LogP contribution in [0.2, 0.25) is 5.02 Å². The van der Waals surface area contributed by atoms with Gasteiger partial charge in [-0.15, -0.1) is 0 Å². The van der Waals surface area contributed by atoms with Crippen LogP contribution in [0.4, 0.5) is 15.8 Å². The zero-order chi connectivity index (χ0) is 18.9. The maximum Gasteiger partial charge on any atom is 0.294 e. The number of nitrogens with zero attached hydrogens (tertiary/aromatic N) is 3. The summed E-state index contributed by atoms with van der Waals surface area (Å²) >= 11 is 5.82. The molecule has 138 valence electrons. The smallest absolute Gasteiger partial charge is 0.294 e. The third-order valence-corrected chi connectivity index (χ3v) is 6.28. The normalized spacial score (nSPS) is 15.8. The van der Waals surface area contributed by atoms with Gasteiger partial charge in [-0.1, -0.05) is 17.7 Å². The molecular formula is C16H15ClFN3O4S. The summed E-state index contributed by atoms with van der Waals surface area (Å²) in [5.74, 6) is -0.624. The Morgan fingerprint density at radius 2 is 1.77 bits per heavy atom. The lowest BCUT2D eigenvalue weighted by molar-refractivity contribution is -0.384. The van der Waals surface area contributed by atoms with E-state index in [0.717, 1.165) is 6.07 Å². The van der Waals surface area contributed by atoms with E-state index >= 15 is 0 Å². The van der Waals surface area contributed by atoms with E-state index in [1.54, 1.807) is 17.0 Å². The lowest BCUT2D eigenvalue weighted by Gasteiger charge is -2.35. The molecule has 0 spiro atoms. The highest BCUT2D eigenvalue weighted by atomic mass is 35.5. The van der Waals surface area contributed by atoms with E-state index in [0.29, 0.717) is 5.69 Å². The highest BCUT2D eigenvalue weighted by molar-refractivity contribution is 7.89. The molecule has 2 aromatic rings. The van der Waals surface area contributed by atoms with Crippen LogP contribution in [0.1, 0.15) is 0 Å². The first-order valence-corrected chi connectivity index (χ1v) is 9.55. The molecule has 0 aromatic heterocycles. The summed E-state index contributed by atoms with van der Waals surface area (Å²) in [7, 11) is -3.81. The molecule has 1 fully saturated rings. The highest BCUT2D eigenvalue weighted by Gasteiger charge is 2.30. The Labute approximate surface area is 154 Å². The highest BCUT2D eigenvalue weighted by Crippen LogP contribution is 2.32. The van der Waals surface area contributed by atoms with Crippen LogP contribution in [0.3, 0.4) is 0 Å². The number of anilines is 1. The first-order chi connectivity index (χ1) is 12.3. The lowest BCUT2D eigenvalue weighted by atomic mass is 10.2. The Morgan fingerprint density at radius 1 is 1.08 bits per heavy atom. The van der Waals surface area contributed by atoms with Gasteiger partial charge in [-0.25, -0.2) is 12.8 Å². The molecule has 0 aliphatic carbocycles. The monoisotopic (exact) mass is 399 g/mol. The summed E-state index contributed by atoms with van der Waals surface area (Å²) in [6, 6.07) is 9.22. The zero-order valence-corrected chi connectivity index (χ0v) is 15.1. The van der Waals surface area contributed by atoms with Crippen molar-refractivity contribution in [3.8, 4) is 0 Å². The molecule has 1 aliphatic heterocycles. The first kappa shape index (κ1) is 18.6. The molecule has 0 radical (unpaired) electrons. The van der Waals surface area contributed by atoms with Crippen molar-refractivity contribution in [1.82, 2.24) is 4.31 Å². The minimum Gasteiger partial charge on any atom is -0.363 e. The van der Waals surface area contributed by atoms with Crippen molar-refractivity contribution in [2.75, 3.05) is 31.1 Å². The molecule has 1 heterocycles. The van der Waals surface area contributed by atoms with E-state index in [1.165, 1.54) is 28.6 Å². The van der Waals surface area contributed by atoms with Crippen molar-refractivity contribution >= 4 is 33.0 Å². The number of nitro groups is 1. The summed E-state index contributed by atoms with van der Waals surface area (Å²) in [5, 5.41) is 11.5. The van der Waals surface area contributed by atoms with Crippen molar-refractivity contribution in [2.45, 2.75) is 4.90 Å². The molecule has 26 heavy (non-hydrogen) atoms. The van der Waals surface area contributed by atoms with Gasteiger partial charge in [-0.2, -0.15) is 4.31 Å². The maximum atomic E-state index is 13.3. The predicted molar refractivity (Wildman–Crippen MR) is 95.5 cm³/mol. The summed E-state index contributed by atoms with van der Waals surface area (Å²) in [4.78, 5) is 12.4. The van der Waals surface area contributed by atoms with Crippen molar-refractivity contribution < 1.29 is 17.7 Å². The van der Waals surface area contributed by atoms with Gasteiger partial charge in [0.25, 0.3) is 5.69 Å². The van der Waals surface area contributed by atoms with Crippen LogP contribution in [0, 0.1) is 15.9 Å². The fourth-order valence-corrected chi connectivity index (χ4v) is 4.48. The molecule has 7 nitrogen and oxygen atoms in total. The SMILES string of the molecule is O=[N+]([O-])c1cc(Cl)ccc1N1CCN(S(=O)(=O)c2cccc(F)c2)CC1. The molecule has 0 unspecified atom stereocenters. The predicted octanol–water partition coefficient (Wildman–Crippen LogP) is 2.90. The number of piperazine rings is 1. The molecule has 0 saturated carbocycles.